The molecule has 0 spiro atoms. The zero-order valence-electron chi connectivity index (χ0n) is 9.83. The van der Waals surface area contributed by atoms with Crippen LogP contribution in [0.3, 0.4) is 0 Å². The summed E-state index contributed by atoms with van der Waals surface area (Å²) in [6.07, 6.45) is 0. The van der Waals surface area contributed by atoms with Crippen molar-refractivity contribution in [2.45, 2.75) is 13.8 Å². The number of amidine groups is 1. The average Bonchev–Trinajstić information content (AvgIpc) is 2.26. The number of aryl methyl sites for hydroxylation is 1. The Morgan fingerprint density at radius 3 is 2.69 bits per heavy atom. The van der Waals surface area contributed by atoms with Crippen LogP contribution in [0.1, 0.15) is 18.1 Å². The molecular weight excluding hydrogens is 202 g/mol. The highest BCUT2D eigenvalue weighted by molar-refractivity contribution is 6.01. The van der Waals surface area contributed by atoms with Crippen molar-refractivity contribution in [1.82, 2.24) is 0 Å². The zero-order chi connectivity index (χ0) is 12.1. The molecule has 0 amide bonds. The molecule has 16 heavy (non-hydrogen) atoms. The van der Waals surface area contributed by atoms with Crippen LogP contribution < -0.4 is 10.6 Å². The van der Waals surface area contributed by atoms with Gasteiger partial charge >= 0.3 is 0 Å². The molecule has 0 fully saturated rings. The fourth-order valence-corrected chi connectivity index (χ4v) is 1.84. The maximum Gasteiger partial charge on any atom is 0.124 e. The van der Waals surface area contributed by atoms with Crippen molar-refractivity contribution in [2.75, 3.05) is 24.6 Å². The second-order valence-electron chi connectivity index (χ2n) is 3.69. The van der Waals surface area contributed by atoms with Gasteiger partial charge in [0.2, 0.25) is 0 Å². The molecule has 4 heteroatoms. The highest BCUT2D eigenvalue weighted by Crippen LogP contribution is 2.24. The van der Waals surface area contributed by atoms with Crippen LogP contribution in [-0.2, 0) is 0 Å². The number of aliphatic hydroxyl groups excluding tert-OH is 1. The van der Waals surface area contributed by atoms with Gasteiger partial charge in [-0.25, -0.2) is 0 Å². The lowest BCUT2D eigenvalue weighted by atomic mass is 10.1. The summed E-state index contributed by atoms with van der Waals surface area (Å²) in [5, 5.41) is 16.6. The standard InChI is InChI=1S/C12H19N3O/c1-3-15(7-8-16)11-9(2)5-4-6-10(11)12(13)14/h4-6,16H,3,7-8H2,1-2H3,(H3,13,14). The Morgan fingerprint density at radius 1 is 1.50 bits per heavy atom. The van der Waals surface area contributed by atoms with Crippen LogP contribution in [0, 0.1) is 12.3 Å². The molecule has 0 atom stereocenters. The maximum absolute atomic E-state index is 9.02. The molecule has 0 aromatic heterocycles. The largest absolute Gasteiger partial charge is 0.395 e. The average molecular weight is 221 g/mol. The van der Waals surface area contributed by atoms with E-state index < -0.39 is 0 Å². The van der Waals surface area contributed by atoms with Crippen molar-refractivity contribution in [3.05, 3.63) is 29.3 Å². The third-order valence-electron chi connectivity index (χ3n) is 2.60. The number of nitrogens with zero attached hydrogens (tertiary/aromatic N) is 1. The monoisotopic (exact) mass is 221 g/mol. The van der Waals surface area contributed by atoms with E-state index >= 15 is 0 Å². The normalized spacial score (nSPS) is 10.2. The summed E-state index contributed by atoms with van der Waals surface area (Å²) >= 11 is 0. The SMILES string of the molecule is CCN(CCO)c1c(C)cccc1C(=N)N. The zero-order valence-corrected chi connectivity index (χ0v) is 9.83. The summed E-state index contributed by atoms with van der Waals surface area (Å²) in [7, 11) is 0. The summed E-state index contributed by atoms with van der Waals surface area (Å²) in [4.78, 5) is 2.03. The summed E-state index contributed by atoms with van der Waals surface area (Å²) < 4.78 is 0. The first-order valence-electron chi connectivity index (χ1n) is 5.41. The molecule has 0 unspecified atom stereocenters. The molecule has 0 aliphatic rings. The molecule has 0 saturated heterocycles. The molecular formula is C12H19N3O. The highest BCUT2D eigenvalue weighted by atomic mass is 16.3. The predicted molar refractivity (Wildman–Crippen MR) is 67.2 cm³/mol. The minimum atomic E-state index is 0.0649. The number of rotatable bonds is 5. The number of likely N-dealkylation sites (N-methyl/N-ethyl adjacent to an activating group) is 1. The summed E-state index contributed by atoms with van der Waals surface area (Å²) in [5.74, 6) is 0.0649. The molecule has 0 radical (unpaired) electrons. The van der Waals surface area contributed by atoms with E-state index in [4.69, 9.17) is 16.2 Å². The lowest BCUT2D eigenvalue weighted by molar-refractivity contribution is 0.302. The predicted octanol–water partition coefficient (Wildman–Crippen LogP) is 1.10. The summed E-state index contributed by atoms with van der Waals surface area (Å²) in [6, 6.07) is 5.72. The number of nitrogens with two attached hydrogens (primary N) is 1. The minimum Gasteiger partial charge on any atom is -0.395 e. The number of benzene rings is 1. The van der Waals surface area contributed by atoms with E-state index in [1.807, 2.05) is 36.9 Å². The molecule has 0 bridgehead atoms. The van der Waals surface area contributed by atoms with Crippen LogP contribution >= 0.6 is 0 Å². The first-order chi connectivity index (χ1) is 7.61. The first-order valence-corrected chi connectivity index (χ1v) is 5.41. The van der Waals surface area contributed by atoms with Gasteiger partial charge in [-0.1, -0.05) is 12.1 Å². The number of nitrogen functional groups attached to an aromatic ring is 1. The lowest BCUT2D eigenvalue weighted by Crippen LogP contribution is -2.29. The molecule has 0 heterocycles. The number of hydrogen-bond donors (Lipinski definition) is 3. The fourth-order valence-electron chi connectivity index (χ4n) is 1.84. The van der Waals surface area contributed by atoms with Crippen molar-refractivity contribution in [2.24, 2.45) is 5.73 Å². The molecule has 1 aromatic rings. The second-order valence-corrected chi connectivity index (χ2v) is 3.69. The smallest absolute Gasteiger partial charge is 0.124 e. The van der Waals surface area contributed by atoms with Crippen LogP contribution in [0.25, 0.3) is 0 Å². The van der Waals surface area contributed by atoms with Crippen molar-refractivity contribution >= 4 is 11.5 Å². The molecule has 0 aliphatic carbocycles. The van der Waals surface area contributed by atoms with E-state index in [0.29, 0.717) is 6.54 Å². The van der Waals surface area contributed by atoms with E-state index in [1.165, 1.54) is 0 Å². The van der Waals surface area contributed by atoms with E-state index in [0.717, 1.165) is 23.4 Å². The van der Waals surface area contributed by atoms with Crippen molar-refractivity contribution in [1.29, 1.82) is 5.41 Å². The number of hydrogen-bond acceptors (Lipinski definition) is 3. The lowest BCUT2D eigenvalue weighted by Gasteiger charge is -2.26. The molecule has 0 saturated carbocycles. The van der Waals surface area contributed by atoms with Crippen molar-refractivity contribution in [3.8, 4) is 0 Å². The van der Waals surface area contributed by atoms with E-state index in [1.54, 1.807) is 0 Å². The van der Waals surface area contributed by atoms with E-state index in [2.05, 4.69) is 0 Å². The number of nitrogens with one attached hydrogen (secondary N) is 1. The Kier molecular flexibility index (Phi) is 4.31. The van der Waals surface area contributed by atoms with Gasteiger partial charge in [-0.05, 0) is 25.5 Å². The van der Waals surface area contributed by atoms with Gasteiger partial charge in [-0.15, -0.1) is 0 Å². The highest BCUT2D eigenvalue weighted by Gasteiger charge is 2.13. The Morgan fingerprint density at radius 2 is 2.19 bits per heavy atom. The van der Waals surface area contributed by atoms with Crippen LogP contribution in [0.15, 0.2) is 18.2 Å². The Hall–Kier alpha value is -1.55. The van der Waals surface area contributed by atoms with Gasteiger partial charge in [0.25, 0.3) is 0 Å². The van der Waals surface area contributed by atoms with Crippen LogP contribution in [-0.4, -0.2) is 30.6 Å². The Balaban J connectivity index is 3.22. The third kappa shape index (κ3) is 2.52. The quantitative estimate of drug-likeness (QED) is 0.515. The number of aliphatic hydroxyl groups is 1. The van der Waals surface area contributed by atoms with Gasteiger partial charge in [0.15, 0.2) is 0 Å². The second kappa shape index (κ2) is 5.51. The van der Waals surface area contributed by atoms with Gasteiger partial charge in [-0.2, -0.15) is 0 Å². The first kappa shape index (κ1) is 12.5. The van der Waals surface area contributed by atoms with Gasteiger partial charge < -0.3 is 15.7 Å². The number of anilines is 1. The Labute approximate surface area is 96.2 Å². The molecule has 1 aromatic carbocycles. The molecule has 4 nitrogen and oxygen atoms in total. The van der Waals surface area contributed by atoms with Crippen molar-refractivity contribution in [3.63, 3.8) is 0 Å². The maximum atomic E-state index is 9.02. The molecule has 88 valence electrons. The van der Waals surface area contributed by atoms with Gasteiger partial charge in [0.1, 0.15) is 5.84 Å². The third-order valence-corrected chi connectivity index (χ3v) is 2.60. The molecule has 4 N–H and O–H groups in total. The van der Waals surface area contributed by atoms with E-state index in [-0.39, 0.29) is 12.4 Å². The number of para-hydroxylation sites is 1. The van der Waals surface area contributed by atoms with Crippen LogP contribution in [0.4, 0.5) is 5.69 Å². The van der Waals surface area contributed by atoms with Crippen molar-refractivity contribution < 1.29 is 5.11 Å². The van der Waals surface area contributed by atoms with Gasteiger partial charge in [0, 0.05) is 18.7 Å². The van der Waals surface area contributed by atoms with Gasteiger partial charge in [-0.3, -0.25) is 5.41 Å². The fraction of sp³-hybridized carbons (Fsp3) is 0.417. The molecule has 0 aliphatic heterocycles. The topological polar surface area (TPSA) is 73.3 Å². The minimum absolute atomic E-state index is 0.0649. The van der Waals surface area contributed by atoms with E-state index in [9.17, 15) is 0 Å². The Bertz CT molecular complexity index is 377. The van der Waals surface area contributed by atoms with Crippen LogP contribution in [0.2, 0.25) is 0 Å². The summed E-state index contributed by atoms with van der Waals surface area (Å²) in [5.41, 5.74) is 8.32. The summed E-state index contributed by atoms with van der Waals surface area (Å²) in [6.45, 7) is 5.45. The van der Waals surface area contributed by atoms with Gasteiger partial charge in [0.05, 0.1) is 12.3 Å². The van der Waals surface area contributed by atoms with Crippen LogP contribution in [0.5, 0.6) is 0 Å². The molecule has 1 rings (SSSR count).